The molecule has 3 rings (SSSR count). The molecular formula is C21H34ClN5O. The van der Waals surface area contributed by atoms with Crippen LogP contribution in [0.1, 0.15) is 25.7 Å². The lowest BCUT2D eigenvalue weighted by Crippen LogP contribution is -2.58. The number of aliphatic imine (C=N–C) groups is 1. The maximum Gasteiger partial charge on any atom is 0.191 e. The standard InChI is InChI=1S/C21H34ClN5O/c1-23-20(24-16-21(26(2)3)10-13-28-14-11-21)25-17-7-6-12-27(15-17)19-9-5-4-8-18(19)22/h4-5,8-9,17H,6-7,10-16H2,1-3H3,(H2,23,24,25). The average molecular weight is 408 g/mol. The molecule has 1 aromatic carbocycles. The summed E-state index contributed by atoms with van der Waals surface area (Å²) >= 11 is 6.41. The maximum absolute atomic E-state index is 6.41. The summed E-state index contributed by atoms with van der Waals surface area (Å²) in [4.78, 5) is 9.17. The van der Waals surface area contributed by atoms with E-state index in [0.717, 1.165) is 75.2 Å². The summed E-state index contributed by atoms with van der Waals surface area (Å²) in [6, 6.07) is 8.44. The number of rotatable bonds is 5. The Labute approximate surface area is 174 Å². The predicted octanol–water partition coefficient (Wildman–Crippen LogP) is 2.58. The van der Waals surface area contributed by atoms with Gasteiger partial charge >= 0.3 is 0 Å². The molecule has 0 aromatic heterocycles. The summed E-state index contributed by atoms with van der Waals surface area (Å²) in [6.07, 6.45) is 4.34. The molecule has 0 amide bonds. The minimum Gasteiger partial charge on any atom is -0.381 e. The van der Waals surface area contributed by atoms with E-state index in [1.165, 1.54) is 0 Å². The Morgan fingerprint density at radius 1 is 1.32 bits per heavy atom. The molecule has 0 saturated carbocycles. The Balaban J connectivity index is 1.57. The molecule has 2 fully saturated rings. The van der Waals surface area contributed by atoms with Gasteiger partial charge in [0.05, 0.1) is 10.7 Å². The highest BCUT2D eigenvalue weighted by Crippen LogP contribution is 2.28. The summed E-state index contributed by atoms with van der Waals surface area (Å²) < 4.78 is 5.58. The number of benzene rings is 1. The first-order valence-electron chi connectivity index (χ1n) is 10.3. The molecule has 2 heterocycles. The summed E-state index contributed by atoms with van der Waals surface area (Å²) in [7, 11) is 6.16. The topological polar surface area (TPSA) is 52.1 Å². The van der Waals surface area contributed by atoms with Crippen LogP contribution in [0.5, 0.6) is 0 Å². The molecule has 0 aliphatic carbocycles. The number of ether oxygens (including phenoxy) is 1. The van der Waals surface area contributed by atoms with Crippen molar-refractivity contribution in [1.82, 2.24) is 15.5 Å². The van der Waals surface area contributed by atoms with Crippen molar-refractivity contribution in [2.45, 2.75) is 37.3 Å². The Hall–Kier alpha value is -1.50. The van der Waals surface area contributed by atoms with E-state index in [1.54, 1.807) is 0 Å². The van der Waals surface area contributed by atoms with Gasteiger partial charge in [-0.2, -0.15) is 0 Å². The molecule has 1 atom stereocenters. The van der Waals surface area contributed by atoms with Crippen LogP contribution in [0.4, 0.5) is 5.69 Å². The zero-order valence-corrected chi connectivity index (χ0v) is 18.1. The third-order valence-corrected chi connectivity index (χ3v) is 6.46. The maximum atomic E-state index is 6.41. The van der Waals surface area contributed by atoms with Gasteiger partial charge in [0.2, 0.25) is 0 Å². The molecule has 0 spiro atoms. The van der Waals surface area contributed by atoms with Crippen LogP contribution in [0.2, 0.25) is 5.02 Å². The third kappa shape index (κ3) is 5.10. The van der Waals surface area contributed by atoms with E-state index in [0.29, 0.717) is 6.04 Å². The van der Waals surface area contributed by atoms with Crippen molar-refractivity contribution in [1.29, 1.82) is 0 Å². The zero-order valence-electron chi connectivity index (χ0n) is 17.4. The van der Waals surface area contributed by atoms with Crippen LogP contribution >= 0.6 is 11.6 Å². The second-order valence-electron chi connectivity index (χ2n) is 8.04. The lowest BCUT2D eigenvalue weighted by atomic mass is 9.88. The summed E-state index contributed by atoms with van der Waals surface area (Å²) in [6.45, 7) is 4.47. The lowest BCUT2D eigenvalue weighted by Gasteiger charge is -2.43. The van der Waals surface area contributed by atoms with Crippen molar-refractivity contribution in [3.63, 3.8) is 0 Å². The number of hydrogen-bond acceptors (Lipinski definition) is 4. The molecule has 0 bridgehead atoms. The van der Waals surface area contributed by atoms with Crippen LogP contribution in [0.25, 0.3) is 0 Å². The van der Waals surface area contributed by atoms with Gasteiger partial charge in [0.15, 0.2) is 5.96 Å². The third-order valence-electron chi connectivity index (χ3n) is 6.14. The van der Waals surface area contributed by atoms with Crippen molar-refractivity contribution in [3.8, 4) is 0 Å². The second kappa shape index (κ2) is 9.81. The molecule has 7 heteroatoms. The van der Waals surface area contributed by atoms with E-state index in [-0.39, 0.29) is 5.54 Å². The molecule has 0 radical (unpaired) electrons. The minimum absolute atomic E-state index is 0.117. The van der Waals surface area contributed by atoms with Gasteiger partial charge in [0, 0.05) is 51.5 Å². The number of likely N-dealkylation sites (N-methyl/N-ethyl adjacent to an activating group) is 1. The van der Waals surface area contributed by atoms with E-state index >= 15 is 0 Å². The Bertz CT molecular complexity index is 660. The lowest BCUT2D eigenvalue weighted by molar-refractivity contribution is -0.00503. The summed E-state index contributed by atoms with van der Waals surface area (Å²) in [5.74, 6) is 0.874. The first kappa shape index (κ1) is 21.2. The van der Waals surface area contributed by atoms with Gasteiger partial charge in [-0.15, -0.1) is 0 Å². The fraction of sp³-hybridized carbons (Fsp3) is 0.667. The molecule has 1 unspecified atom stereocenters. The monoisotopic (exact) mass is 407 g/mol. The van der Waals surface area contributed by atoms with Crippen LogP contribution in [-0.4, -0.2) is 76.4 Å². The molecule has 156 valence electrons. The highest BCUT2D eigenvalue weighted by molar-refractivity contribution is 6.33. The van der Waals surface area contributed by atoms with Gasteiger partial charge in [-0.3, -0.25) is 4.99 Å². The number of nitrogens with zero attached hydrogens (tertiary/aromatic N) is 3. The first-order valence-corrected chi connectivity index (χ1v) is 10.6. The molecular weight excluding hydrogens is 374 g/mol. The minimum atomic E-state index is 0.117. The first-order chi connectivity index (χ1) is 13.5. The van der Waals surface area contributed by atoms with Crippen molar-refractivity contribution >= 4 is 23.2 Å². The summed E-state index contributed by atoms with van der Waals surface area (Å²) in [5, 5.41) is 8.01. The number of hydrogen-bond donors (Lipinski definition) is 2. The van der Waals surface area contributed by atoms with Gasteiger partial charge in [-0.1, -0.05) is 23.7 Å². The molecule has 28 heavy (non-hydrogen) atoms. The largest absolute Gasteiger partial charge is 0.381 e. The number of guanidine groups is 1. The fourth-order valence-corrected chi connectivity index (χ4v) is 4.45. The zero-order chi connectivity index (χ0) is 20.0. The van der Waals surface area contributed by atoms with E-state index in [2.05, 4.69) is 45.6 Å². The quantitative estimate of drug-likeness (QED) is 0.580. The number of halogens is 1. The smallest absolute Gasteiger partial charge is 0.191 e. The van der Waals surface area contributed by atoms with Crippen molar-refractivity contribution in [2.75, 3.05) is 58.9 Å². The Morgan fingerprint density at radius 3 is 2.75 bits per heavy atom. The normalized spacial score (nSPS) is 23.0. The van der Waals surface area contributed by atoms with Gasteiger partial charge < -0.3 is 25.2 Å². The van der Waals surface area contributed by atoms with Crippen LogP contribution in [0.3, 0.4) is 0 Å². The summed E-state index contributed by atoms with van der Waals surface area (Å²) in [5.41, 5.74) is 1.24. The molecule has 2 saturated heterocycles. The van der Waals surface area contributed by atoms with Crippen molar-refractivity contribution in [2.24, 2.45) is 4.99 Å². The predicted molar refractivity (Wildman–Crippen MR) is 118 cm³/mol. The van der Waals surface area contributed by atoms with Gasteiger partial charge in [0.25, 0.3) is 0 Å². The van der Waals surface area contributed by atoms with Crippen molar-refractivity contribution < 1.29 is 4.74 Å². The number of nitrogens with one attached hydrogen (secondary N) is 2. The van der Waals surface area contributed by atoms with Gasteiger partial charge in [-0.25, -0.2) is 0 Å². The number of anilines is 1. The molecule has 1 aromatic rings. The van der Waals surface area contributed by atoms with E-state index < -0.39 is 0 Å². The van der Waals surface area contributed by atoms with Crippen molar-refractivity contribution in [3.05, 3.63) is 29.3 Å². The van der Waals surface area contributed by atoms with Crippen LogP contribution in [0, 0.1) is 0 Å². The second-order valence-corrected chi connectivity index (χ2v) is 8.45. The Kier molecular flexibility index (Phi) is 7.43. The molecule has 2 N–H and O–H groups in total. The van der Waals surface area contributed by atoms with Crippen LogP contribution in [-0.2, 0) is 4.74 Å². The SMILES string of the molecule is CN=C(NCC1(N(C)C)CCOCC1)NC1CCCN(c2ccccc2Cl)C1. The van der Waals surface area contributed by atoms with E-state index in [1.807, 2.05) is 25.2 Å². The molecule has 2 aliphatic heterocycles. The highest BCUT2D eigenvalue weighted by Gasteiger charge is 2.35. The average Bonchev–Trinajstić information content (AvgIpc) is 2.72. The van der Waals surface area contributed by atoms with Gasteiger partial charge in [0.1, 0.15) is 0 Å². The van der Waals surface area contributed by atoms with Gasteiger partial charge in [-0.05, 0) is 51.9 Å². The van der Waals surface area contributed by atoms with Crippen LogP contribution in [0.15, 0.2) is 29.3 Å². The van der Waals surface area contributed by atoms with Crippen LogP contribution < -0.4 is 15.5 Å². The van der Waals surface area contributed by atoms with E-state index in [4.69, 9.17) is 16.3 Å². The highest BCUT2D eigenvalue weighted by atomic mass is 35.5. The number of piperidine rings is 1. The Morgan fingerprint density at radius 2 is 2.07 bits per heavy atom. The number of para-hydroxylation sites is 1. The van der Waals surface area contributed by atoms with E-state index in [9.17, 15) is 0 Å². The molecule has 2 aliphatic rings. The molecule has 6 nitrogen and oxygen atoms in total. The fourth-order valence-electron chi connectivity index (χ4n) is 4.19.